The van der Waals surface area contributed by atoms with E-state index in [1.54, 1.807) is 54.6 Å². The van der Waals surface area contributed by atoms with Gasteiger partial charge in [0.2, 0.25) is 0 Å². The quantitative estimate of drug-likeness (QED) is 0.0133. The number of fused-ring (bicyclic) bond motifs is 3. The first kappa shape index (κ1) is 75.5. The molecule has 0 radical (unpaired) electrons. The molecule has 0 bridgehead atoms. The van der Waals surface area contributed by atoms with Crippen molar-refractivity contribution in [3.05, 3.63) is 175 Å². The van der Waals surface area contributed by atoms with Gasteiger partial charge in [-0.1, -0.05) is 48.5 Å². The number of hydroxylamine groups is 3. The van der Waals surface area contributed by atoms with Crippen LogP contribution < -0.4 is 37.1 Å². The molecule has 0 spiro atoms. The maximum Gasteiger partial charge on any atom is 0.307 e. The molecule has 0 aliphatic carbocycles. The third kappa shape index (κ3) is 16.6. The minimum atomic E-state index is -4.10. The third-order valence-corrected chi connectivity index (χ3v) is 27.0. The van der Waals surface area contributed by atoms with Crippen molar-refractivity contribution in [2.75, 3.05) is 77.4 Å². The van der Waals surface area contributed by atoms with E-state index >= 15 is 0 Å². The lowest BCUT2D eigenvalue weighted by Gasteiger charge is -2.34. The lowest BCUT2D eigenvalue weighted by atomic mass is 9.98. The van der Waals surface area contributed by atoms with E-state index in [1.165, 1.54) is 88.5 Å². The lowest BCUT2D eigenvalue weighted by Crippen LogP contribution is -2.54. The highest BCUT2D eigenvalue weighted by molar-refractivity contribution is 7.99. The molecule has 0 unspecified atom stereocenters. The van der Waals surface area contributed by atoms with E-state index in [0.29, 0.717) is 52.8 Å². The van der Waals surface area contributed by atoms with Crippen molar-refractivity contribution >= 4 is 121 Å². The summed E-state index contributed by atoms with van der Waals surface area (Å²) in [5, 5.41) is 37.7. The Labute approximate surface area is 593 Å². The number of ether oxygens (including phenoxy) is 4. The fourth-order valence-corrected chi connectivity index (χ4v) is 19.1. The van der Waals surface area contributed by atoms with Gasteiger partial charge in [0.25, 0.3) is 35.4 Å². The van der Waals surface area contributed by atoms with E-state index in [-0.39, 0.29) is 124 Å². The van der Waals surface area contributed by atoms with Crippen molar-refractivity contribution in [2.45, 2.75) is 77.2 Å². The highest BCUT2D eigenvalue weighted by atomic mass is 32.2. The topological polar surface area (TPSA) is 432 Å². The van der Waals surface area contributed by atoms with Crippen LogP contribution in [0.4, 0.5) is 0 Å². The van der Waals surface area contributed by atoms with Crippen LogP contribution in [-0.2, 0) is 58.1 Å². The van der Waals surface area contributed by atoms with Gasteiger partial charge >= 0.3 is 5.91 Å². The predicted molar refractivity (Wildman–Crippen MR) is 374 cm³/mol. The van der Waals surface area contributed by atoms with E-state index in [2.05, 4.69) is 30.9 Å². The van der Waals surface area contributed by atoms with Gasteiger partial charge in [-0.25, -0.2) is 46.7 Å². The monoisotopic (exact) mass is 1500 g/mol. The molecule has 0 saturated carbocycles. The van der Waals surface area contributed by atoms with Crippen LogP contribution in [0.2, 0.25) is 0 Å². The van der Waals surface area contributed by atoms with E-state index in [4.69, 9.17) is 39.0 Å². The maximum absolute atomic E-state index is 13.3. The number of aromatic nitrogens is 3. The Kier molecular flexibility index (Phi) is 25.0. The number of sulfone groups is 3. The molecule has 6 aromatic carbocycles. The van der Waals surface area contributed by atoms with Crippen LogP contribution in [0.25, 0.3) is 32.9 Å². The zero-order valence-corrected chi connectivity index (χ0v) is 58.6. The Morgan fingerprint density at radius 1 is 0.461 bits per heavy atom. The third-order valence-electron chi connectivity index (χ3n) is 17.4. The number of nitrogens with one attached hydrogen (secondary N) is 8. The number of carbonyl (C=O) groups excluding carboxylic acids is 6. The number of thioether (sulfide) groups is 2. The highest BCUT2D eigenvalue weighted by Crippen LogP contribution is 2.39. The molecule has 3 fully saturated rings. The van der Waals surface area contributed by atoms with Gasteiger partial charge in [0.15, 0.2) is 49.3 Å². The zero-order chi connectivity index (χ0) is 72.6. The highest BCUT2D eigenvalue weighted by Gasteiger charge is 2.54. The average molecular weight is 1500 g/mol. The summed E-state index contributed by atoms with van der Waals surface area (Å²) in [5.74, 6) is -2.21. The number of carbonyl (C=O) groups is 6. The molecular formula is C68H73N9O20S5. The van der Waals surface area contributed by atoms with Gasteiger partial charge in [0.05, 0.1) is 21.2 Å². The van der Waals surface area contributed by atoms with Crippen molar-refractivity contribution in [1.82, 2.24) is 47.3 Å². The minimum Gasteiger partial charge on any atom is -0.492 e. The van der Waals surface area contributed by atoms with Crippen molar-refractivity contribution in [2.24, 2.45) is 0 Å². The normalized spacial score (nSPS) is 15.6. The summed E-state index contributed by atoms with van der Waals surface area (Å²) in [4.78, 5) is 85.7. The maximum atomic E-state index is 13.3. The smallest absolute Gasteiger partial charge is 0.307 e. The molecule has 12 rings (SSSR count). The first-order chi connectivity index (χ1) is 49.1. The molecule has 3 aliphatic rings. The van der Waals surface area contributed by atoms with Gasteiger partial charge in [-0.2, -0.15) is 0 Å². The van der Waals surface area contributed by atoms with E-state index in [1.807, 2.05) is 54.6 Å². The molecule has 3 saturated heterocycles. The van der Waals surface area contributed by atoms with Gasteiger partial charge in [0, 0.05) is 95.8 Å². The molecule has 3 aromatic heterocycles. The van der Waals surface area contributed by atoms with E-state index in [9.17, 15) is 54.0 Å². The summed E-state index contributed by atoms with van der Waals surface area (Å²) in [5.41, 5.74) is 8.37. The molecule has 11 N–H and O–H groups in total. The molecule has 540 valence electrons. The van der Waals surface area contributed by atoms with Crippen LogP contribution in [0.3, 0.4) is 0 Å². The minimum absolute atomic E-state index is 0.00489. The Bertz CT molecular complexity index is 4220. The predicted octanol–water partition coefficient (Wildman–Crippen LogP) is 6.50. The second-order valence-corrected chi connectivity index (χ2v) is 32.5. The van der Waals surface area contributed by atoms with E-state index < -0.39 is 67.4 Å². The summed E-state index contributed by atoms with van der Waals surface area (Å²) < 4.78 is 101. The SMILES string of the molecule is O=C(NCCOc1ccc(S(=O)(=O)C2(C(=O)NO)CCOCC2)cc1)c1cc2ccccc2[nH]1.O=C(NCCSc1ccc(S(=O)(=O)C2(C(=O)NO)CCOCC2)cc1)c1cc2ccccc2[nH]1.O=C(NCCSc1ccc(S(=O)(=O)C2(C(=O)NO)CCOCC2)cc1)c1nc2ccccc2o1. The molecule has 3 aliphatic heterocycles. The van der Waals surface area contributed by atoms with Crippen LogP contribution in [0.1, 0.15) is 70.2 Å². The Balaban J connectivity index is 0.000000165. The largest absolute Gasteiger partial charge is 0.492 e. The number of aromatic amines is 2. The van der Waals surface area contributed by atoms with Crippen molar-refractivity contribution in [3.8, 4) is 5.75 Å². The number of amides is 6. The fourth-order valence-electron chi connectivity index (χ4n) is 11.7. The van der Waals surface area contributed by atoms with Crippen LogP contribution in [0.5, 0.6) is 5.75 Å². The van der Waals surface area contributed by atoms with Crippen LogP contribution in [-0.4, -0.2) is 183 Å². The summed E-state index contributed by atoms with van der Waals surface area (Å²) in [6.07, 6.45) is -0.273. The number of hydrogen-bond acceptors (Lipinski definition) is 23. The van der Waals surface area contributed by atoms with Gasteiger partial charge in [-0.05, 0) is 148 Å². The number of para-hydroxylation sites is 4. The van der Waals surface area contributed by atoms with Crippen molar-refractivity contribution < 1.29 is 93.0 Å². The summed E-state index contributed by atoms with van der Waals surface area (Å²) in [6, 6.07) is 44.0. The first-order valence-corrected chi connectivity index (χ1v) is 38.4. The lowest BCUT2D eigenvalue weighted by molar-refractivity contribution is -0.135. The van der Waals surface area contributed by atoms with Crippen LogP contribution >= 0.6 is 23.5 Å². The summed E-state index contributed by atoms with van der Waals surface area (Å²) >= 11 is 2.90. The second-order valence-electron chi connectivity index (χ2n) is 23.4. The number of oxazole rings is 1. The number of nitrogens with zero attached hydrogens (tertiary/aromatic N) is 1. The standard InChI is InChI=1S/C23H25N3O7S.C23H25N3O6S2.C22H23N3O7S2/c2*27-21(20-15-16-3-1-2-4-19(16)25-20)24-11-14-33-17-5-7-18(8-6-17)34(30,31)23(22(28)26-29)9-12-32-13-10-23;26-19(20-24-17-3-1-2-4-18(17)32-20)23-11-14-33-15-5-7-16(8-6-15)34(29,30)22(21(27)25-28)9-12-31-13-10-22/h2*1-8,15,25,29H,9-14H2,(H,24,27)(H,26,28);1-8,28H,9-14H2,(H,23,26)(H,25,27). The van der Waals surface area contributed by atoms with E-state index in [0.717, 1.165) is 31.6 Å². The zero-order valence-electron chi connectivity index (χ0n) is 54.5. The van der Waals surface area contributed by atoms with Gasteiger partial charge < -0.3 is 49.3 Å². The Morgan fingerprint density at radius 3 is 1.22 bits per heavy atom. The molecule has 9 aromatic rings. The fraction of sp³-hybridized carbons (Fsp3) is 0.309. The van der Waals surface area contributed by atoms with Crippen molar-refractivity contribution in [3.63, 3.8) is 0 Å². The van der Waals surface area contributed by atoms with Gasteiger partial charge in [-0.15, -0.1) is 23.5 Å². The first-order valence-electron chi connectivity index (χ1n) is 32.0. The number of rotatable bonds is 24. The molecule has 29 nitrogen and oxygen atoms in total. The average Bonchev–Trinajstić information content (AvgIpc) is 0.930. The Morgan fingerprint density at radius 2 is 0.824 bits per heavy atom. The van der Waals surface area contributed by atoms with Gasteiger partial charge in [-0.3, -0.25) is 44.4 Å². The van der Waals surface area contributed by atoms with Crippen molar-refractivity contribution in [1.29, 1.82) is 0 Å². The number of hydrogen-bond donors (Lipinski definition) is 11. The molecule has 102 heavy (non-hydrogen) atoms. The Hall–Kier alpha value is -9.20. The van der Waals surface area contributed by atoms with Crippen LogP contribution in [0.15, 0.2) is 187 Å². The molecular weight excluding hydrogens is 1420 g/mol. The van der Waals surface area contributed by atoms with Gasteiger partial charge in [0.1, 0.15) is 29.3 Å². The van der Waals surface area contributed by atoms with Crippen LogP contribution in [0, 0.1) is 0 Å². The second kappa shape index (κ2) is 33.7. The molecule has 34 heteroatoms. The molecule has 0 atom stereocenters. The molecule has 6 heterocycles. The summed E-state index contributed by atoms with van der Waals surface area (Å²) in [6.45, 7) is 1.83. The number of benzene rings is 6. The summed E-state index contributed by atoms with van der Waals surface area (Å²) in [7, 11) is -12.2. The number of H-pyrrole nitrogens is 2. The molecule has 6 amide bonds.